The van der Waals surface area contributed by atoms with Crippen LogP contribution in [-0.2, 0) is 11.2 Å². The van der Waals surface area contributed by atoms with Gasteiger partial charge in [-0.3, -0.25) is 15.0 Å². The Morgan fingerprint density at radius 3 is 2.48 bits per heavy atom. The average molecular weight is 311 g/mol. The number of rotatable bonds is 6. The molecule has 5 N–H and O–H groups in total. The summed E-state index contributed by atoms with van der Waals surface area (Å²) >= 11 is 0. The molecule has 2 aromatic carbocycles. The Labute approximate surface area is 133 Å². The molecule has 6 heteroatoms. The van der Waals surface area contributed by atoms with E-state index in [-0.39, 0.29) is 18.2 Å². The first-order chi connectivity index (χ1) is 11.0. The molecule has 118 valence electrons. The van der Waals surface area contributed by atoms with Crippen molar-refractivity contribution in [1.82, 2.24) is 0 Å². The Morgan fingerprint density at radius 1 is 1.09 bits per heavy atom. The summed E-state index contributed by atoms with van der Waals surface area (Å²) in [6.07, 6.45) is 0.441. The normalized spacial score (nSPS) is 10.1. The first-order valence-electron chi connectivity index (χ1n) is 7.02. The number of aryl methyl sites for hydroxylation is 1. The minimum absolute atomic E-state index is 0.0397. The second-order valence-corrected chi connectivity index (χ2v) is 5.04. The molecule has 0 unspecified atom stereocenters. The quantitative estimate of drug-likeness (QED) is 0.483. The minimum Gasteiger partial charge on any atom is -0.481 e. The van der Waals surface area contributed by atoms with Gasteiger partial charge in [0.25, 0.3) is 5.91 Å². The summed E-state index contributed by atoms with van der Waals surface area (Å²) in [4.78, 5) is 22.9. The third kappa shape index (κ3) is 4.67. The molecule has 0 aromatic heterocycles. The first-order valence-corrected chi connectivity index (χ1v) is 7.02. The number of nitrogen functional groups attached to an aromatic ring is 1. The fourth-order valence-electron chi connectivity index (χ4n) is 2.09. The second-order valence-electron chi connectivity index (χ2n) is 5.04. The zero-order valence-corrected chi connectivity index (χ0v) is 12.4. The summed E-state index contributed by atoms with van der Waals surface area (Å²) in [5, 5.41) is 18.9. The average Bonchev–Trinajstić information content (AvgIpc) is 2.53. The van der Waals surface area contributed by atoms with Crippen molar-refractivity contribution in [3.8, 4) is 0 Å². The summed E-state index contributed by atoms with van der Waals surface area (Å²) in [6, 6.07) is 13.6. The fraction of sp³-hybridized carbons (Fsp3) is 0.118. The van der Waals surface area contributed by atoms with Gasteiger partial charge in [-0.2, -0.15) is 0 Å². The number of carbonyl (C=O) groups excluding carboxylic acids is 1. The summed E-state index contributed by atoms with van der Waals surface area (Å²) in [7, 11) is 0. The van der Waals surface area contributed by atoms with Gasteiger partial charge in [0.1, 0.15) is 5.84 Å². The molecular weight excluding hydrogens is 294 g/mol. The van der Waals surface area contributed by atoms with E-state index in [1.807, 2.05) is 6.07 Å². The van der Waals surface area contributed by atoms with E-state index < -0.39 is 5.97 Å². The van der Waals surface area contributed by atoms with Gasteiger partial charge >= 0.3 is 5.97 Å². The molecule has 0 aliphatic carbocycles. The van der Waals surface area contributed by atoms with Gasteiger partial charge in [-0.1, -0.05) is 24.3 Å². The molecule has 0 fully saturated rings. The predicted molar refractivity (Wildman–Crippen MR) is 87.8 cm³/mol. The first kappa shape index (κ1) is 16.2. The Bertz CT molecular complexity index is 756. The summed E-state index contributed by atoms with van der Waals surface area (Å²) in [6.45, 7) is 0. The lowest BCUT2D eigenvalue weighted by molar-refractivity contribution is -0.136. The van der Waals surface area contributed by atoms with Gasteiger partial charge in [-0.25, -0.2) is 0 Å². The largest absolute Gasteiger partial charge is 0.481 e. The number of hydrogen-bond donors (Lipinski definition) is 4. The van der Waals surface area contributed by atoms with Crippen LogP contribution in [0.15, 0.2) is 48.5 Å². The molecule has 2 rings (SSSR count). The van der Waals surface area contributed by atoms with E-state index in [9.17, 15) is 9.59 Å². The molecule has 0 radical (unpaired) electrons. The van der Waals surface area contributed by atoms with Crippen LogP contribution in [0.1, 0.15) is 27.9 Å². The molecule has 0 saturated heterocycles. The van der Waals surface area contributed by atoms with Crippen LogP contribution in [0.5, 0.6) is 0 Å². The van der Waals surface area contributed by atoms with Crippen LogP contribution in [0.3, 0.4) is 0 Å². The number of amidine groups is 1. The molecule has 0 saturated carbocycles. The molecule has 0 heterocycles. The van der Waals surface area contributed by atoms with Crippen molar-refractivity contribution in [3.05, 3.63) is 65.2 Å². The number of aliphatic carboxylic acids is 1. The van der Waals surface area contributed by atoms with E-state index in [1.165, 1.54) is 0 Å². The van der Waals surface area contributed by atoms with Crippen LogP contribution in [0.4, 0.5) is 5.69 Å². The highest BCUT2D eigenvalue weighted by atomic mass is 16.4. The van der Waals surface area contributed by atoms with Crippen molar-refractivity contribution in [1.29, 1.82) is 5.41 Å². The zero-order valence-electron chi connectivity index (χ0n) is 12.4. The zero-order chi connectivity index (χ0) is 16.8. The van der Waals surface area contributed by atoms with E-state index in [0.717, 1.165) is 5.56 Å². The lowest BCUT2D eigenvalue weighted by atomic mass is 10.1. The molecule has 0 aliphatic heterocycles. The number of carboxylic acids is 1. The Hall–Kier alpha value is -3.15. The van der Waals surface area contributed by atoms with Crippen LogP contribution in [0.25, 0.3) is 0 Å². The molecule has 2 aromatic rings. The topological polar surface area (TPSA) is 116 Å². The van der Waals surface area contributed by atoms with Crippen LogP contribution >= 0.6 is 0 Å². The highest BCUT2D eigenvalue weighted by Gasteiger charge is 2.08. The third-order valence-electron chi connectivity index (χ3n) is 3.25. The Balaban J connectivity index is 2.11. The molecule has 23 heavy (non-hydrogen) atoms. The Morgan fingerprint density at radius 2 is 1.78 bits per heavy atom. The van der Waals surface area contributed by atoms with Crippen molar-refractivity contribution >= 4 is 23.4 Å². The standard InChI is InChI=1S/C17H17N3O3/c18-16(19)12-4-2-5-13(10-12)17(23)20-14-6-1-3-11(9-14)7-8-15(21)22/h1-6,9-10H,7-8H2,(H3,18,19)(H,20,23)(H,21,22). The van der Waals surface area contributed by atoms with E-state index in [1.54, 1.807) is 42.5 Å². The lowest BCUT2D eigenvalue weighted by Crippen LogP contribution is -2.15. The van der Waals surface area contributed by atoms with Crippen LogP contribution in [-0.4, -0.2) is 22.8 Å². The fourth-order valence-corrected chi connectivity index (χ4v) is 2.09. The van der Waals surface area contributed by atoms with Crippen LogP contribution in [0.2, 0.25) is 0 Å². The van der Waals surface area contributed by atoms with Crippen molar-refractivity contribution in [2.45, 2.75) is 12.8 Å². The maximum absolute atomic E-state index is 12.2. The number of nitrogens with two attached hydrogens (primary N) is 1. The molecular formula is C17H17N3O3. The highest BCUT2D eigenvalue weighted by molar-refractivity contribution is 6.06. The van der Waals surface area contributed by atoms with Gasteiger partial charge in [0.15, 0.2) is 0 Å². The molecule has 1 amide bonds. The molecule has 0 spiro atoms. The second kappa shape index (κ2) is 7.22. The van der Waals surface area contributed by atoms with Crippen LogP contribution < -0.4 is 11.1 Å². The van der Waals surface area contributed by atoms with Crippen molar-refractivity contribution < 1.29 is 14.7 Å². The number of anilines is 1. The summed E-state index contributed by atoms with van der Waals surface area (Å²) < 4.78 is 0. The smallest absolute Gasteiger partial charge is 0.303 e. The molecule has 0 aliphatic rings. The lowest BCUT2D eigenvalue weighted by Gasteiger charge is -2.08. The van der Waals surface area contributed by atoms with E-state index in [0.29, 0.717) is 23.2 Å². The summed E-state index contributed by atoms with van der Waals surface area (Å²) in [5.74, 6) is -1.28. The summed E-state index contributed by atoms with van der Waals surface area (Å²) in [5.41, 5.74) is 7.72. The number of carboxylic acid groups (broad SMARTS) is 1. The third-order valence-corrected chi connectivity index (χ3v) is 3.25. The van der Waals surface area contributed by atoms with E-state index >= 15 is 0 Å². The maximum Gasteiger partial charge on any atom is 0.303 e. The SMILES string of the molecule is N=C(N)c1cccc(C(=O)Nc2cccc(CCC(=O)O)c2)c1. The Kier molecular flexibility index (Phi) is 5.09. The number of carbonyl (C=O) groups is 2. The number of hydrogen-bond acceptors (Lipinski definition) is 3. The predicted octanol–water partition coefficient (Wildman–Crippen LogP) is 2.24. The van der Waals surface area contributed by atoms with Crippen molar-refractivity contribution in [2.75, 3.05) is 5.32 Å². The van der Waals surface area contributed by atoms with E-state index in [2.05, 4.69) is 5.32 Å². The number of nitrogens with one attached hydrogen (secondary N) is 2. The number of benzene rings is 2. The van der Waals surface area contributed by atoms with Gasteiger partial charge in [-0.15, -0.1) is 0 Å². The maximum atomic E-state index is 12.2. The molecule has 0 atom stereocenters. The van der Waals surface area contributed by atoms with Crippen LogP contribution in [0, 0.1) is 5.41 Å². The molecule has 6 nitrogen and oxygen atoms in total. The molecule has 0 bridgehead atoms. The van der Waals surface area contributed by atoms with Gasteiger partial charge in [0, 0.05) is 23.2 Å². The van der Waals surface area contributed by atoms with Gasteiger partial charge < -0.3 is 16.2 Å². The minimum atomic E-state index is -0.861. The highest BCUT2D eigenvalue weighted by Crippen LogP contribution is 2.14. The van der Waals surface area contributed by atoms with Gasteiger partial charge in [0.05, 0.1) is 0 Å². The van der Waals surface area contributed by atoms with Gasteiger partial charge in [0.2, 0.25) is 0 Å². The van der Waals surface area contributed by atoms with E-state index in [4.69, 9.17) is 16.2 Å². The van der Waals surface area contributed by atoms with Crippen molar-refractivity contribution in [3.63, 3.8) is 0 Å². The number of amides is 1. The van der Waals surface area contributed by atoms with Gasteiger partial charge in [-0.05, 0) is 36.2 Å². The monoisotopic (exact) mass is 311 g/mol. The van der Waals surface area contributed by atoms with Crippen molar-refractivity contribution in [2.24, 2.45) is 5.73 Å².